The van der Waals surface area contributed by atoms with E-state index in [9.17, 15) is 9.59 Å². The number of rotatable bonds is 4. The number of nitrogens with one attached hydrogen (secondary N) is 2. The molecule has 2 N–H and O–H groups in total. The number of amides is 2. The zero-order valence-corrected chi connectivity index (χ0v) is 15.0. The Kier molecular flexibility index (Phi) is 4.58. The van der Waals surface area contributed by atoms with E-state index in [0.717, 1.165) is 23.3 Å². The summed E-state index contributed by atoms with van der Waals surface area (Å²) in [5, 5.41) is 5.62. The zero-order valence-electron chi connectivity index (χ0n) is 15.0. The lowest BCUT2D eigenvalue weighted by molar-refractivity contribution is 0.0527. The molecule has 4 rings (SSSR count). The van der Waals surface area contributed by atoms with Crippen LogP contribution in [-0.2, 0) is 17.6 Å². The van der Waals surface area contributed by atoms with Gasteiger partial charge >= 0.3 is 12.0 Å². The Labute approximate surface area is 156 Å². The van der Waals surface area contributed by atoms with E-state index in [1.165, 1.54) is 0 Å². The van der Waals surface area contributed by atoms with Gasteiger partial charge in [0.25, 0.3) is 0 Å². The maximum atomic E-state index is 12.6. The number of urea groups is 1. The average molecular weight is 368 g/mol. The first kappa shape index (κ1) is 17.2. The fraction of sp³-hybridized carbons (Fsp3) is 0.300. The van der Waals surface area contributed by atoms with Crippen LogP contribution in [-0.4, -0.2) is 31.8 Å². The number of esters is 1. The van der Waals surface area contributed by atoms with Crippen molar-refractivity contribution >= 4 is 23.4 Å². The second-order valence-electron chi connectivity index (χ2n) is 6.26. The predicted octanol–water partition coefficient (Wildman–Crippen LogP) is 3.38. The van der Waals surface area contributed by atoms with Crippen molar-refractivity contribution in [1.29, 1.82) is 0 Å². The molecular weight excluding hydrogens is 348 g/mol. The molecule has 2 amide bonds. The Hall–Kier alpha value is -3.22. The molecule has 0 aliphatic carbocycles. The van der Waals surface area contributed by atoms with Crippen LogP contribution in [0.1, 0.15) is 28.4 Å². The van der Waals surface area contributed by atoms with Gasteiger partial charge in [0.2, 0.25) is 0 Å². The lowest BCUT2D eigenvalue weighted by Crippen LogP contribution is -2.22. The summed E-state index contributed by atoms with van der Waals surface area (Å²) in [6, 6.07) is 8.27. The number of ether oxygens (including phenoxy) is 3. The second kappa shape index (κ2) is 7.19. The van der Waals surface area contributed by atoms with Gasteiger partial charge in [-0.3, -0.25) is 0 Å². The van der Waals surface area contributed by atoms with E-state index in [0.29, 0.717) is 42.3 Å². The Balaban J connectivity index is 1.58. The third-order valence-corrected chi connectivity index (χ3v) is 4.56. The first-order valence-corrected chi connectivity index (χ1v) is 8.96. The van der Waals surface area contributed by atoms with Gasteiger partial charge in [-0.25, -0.2) is 9.59 Å². The van der Waals surface area contributed by atoms with Gasteiger partial charge in [-0.2, -0.15) is 0 Å². The lowest BCUT2D eigenvalue weighted by Gasteiger charge is -2.15. The summed E-state index contributed by atoms with van der Waals surface area (Å²) < 4.78 is 16.4. The Bertz CT molecular complexity index is 877. The normalized spacial score (nSPS) is 13.8. The fourth-order valence-corrected chi connectivity index (χ4v) is 3.36. The van der Waals surface area contributed by atoms with Crippen LogP contribution < -0.4 is 20.1 Å². The van der Waals surface area contributed by atoms with Crippen molar-refractivity contribution in [3.05, 3.63) is 47.0 Å². The number of hydrogen-bond donors (Lipinski definition) is 2. The quantitative estimate of drug-likeness (QED) is 0.808. The van der Waals surface area contributed by atoms with Crippen molar-refractivity contribution in [2.75, 3.05) is 30.5 Å². The van der Waals surface area contributed by atoms with Crippen molar-refractivity contribution < 1.29 is 23.8 Å². The van der Waals surface area contributed by atoms with Gasteiger partial charge in [-0.1, -0.05) is 12.1 Å². The highest BCUT2D eigenvalue weighted by Crippen LogP contribution is 2.44. The van der Waals surface area contributed by atoms with Crippen LogP contribution in [0.4, 0.5) is 16.2 Å². The van der Waals surface area contributed by atoms with E-state index in [1.54, 1.807) is 31.2 Å². The number of fused-ring (bicyclic) bond motifs is 2. The van der Waals surface area contributed by atoms with Gasteiger partial charge < -0.3 is 24.8 Å². The second-order valence-corrected chi connectivity index (χ2v) is 6.26. The van der Waals surface area contributed by atoms with E-state index < -0.39 is 12.0 Å². The topological polar surface area (TPSA) is 85.9 Å². The molecule has 0 fully saturated rings. The average Bonchev–Trinajstić information content (AvgIpc) is 3.31. The Morgan fingerprint density at radius 1 is 1.11 bits per heavy atom. The standard InChI is InChI=1S/C20H20N2O5/c1-2-25-19(23)13-5-3-4-6-15(13)21-20(24)22-17-14-8-10-26-16(14)11-12-7-9-27-18(12)17/h3-6,11H,2,7-10H2,1H3,(H2,21,22,24). The molecule has 27 heavy (non-hydrogen) atoms. The smallest absolute Gasteiger partial charge is 0.340 e. The highest BCUT2D eigenvalue weighted by molar-refractivity contribution is 6.06. The molecular formula is C20H20N2O5. The summed E-state index contributed by atoms with van der Waals surface area (Å²) in [5.41, 5.74) is 3.29. The maximum absolute atomic E-state index is 12.6. The number of para-hydroxylation sites is 1. The van der Waals surface area contributed by atoms with Crippen molar-refractivity contribution in [3.8, 4) is 11.5 Å². The molecule has 0 unspecified atom stereocenters. The molecule has 2 aromatic rings. The van der Waals surface area contributed by atoms with Gasteiger partial charge in [0, 0.05) is 24.0 Å². The van der Waals surface area contributed by atoms with E-state index in [-0.39, 0.29) is 6.61 Å². The minimum atomic E-state index is -0.480. The Morgan fingerprint density at radius 3 is 2.78 bits per heavy atom. The summed E-state index contributed by atoms with van der Waals surface area (Å²) in [6.07, 6.45) is 1.50. The van der Waals surface area contributed by atoms with E-state index in [4.69, 9.17) is 14.2 Å². The summed E-state index contributed by atoms with van der Waals surface area (Å²) in [5.74, 6) is 1.01. The van der Waals surface area contributed by atoms with Gasteiger partial charge in [-0.05, 0) is 25.1 Å². The van der Waals surface area contributed by atoms with E-state index in [1.807, 2.05) is 6.07 Å². The van der Waals surface area contributed by atoms with Gasteiger partial charge in [0.05, 0.1) is 36.8 Å². The number of carbonyl (C=O) groups is 2. The molecule has 0 aromatic heterocycles. The highest BCUT2D eigenvalue weighted by atomic mass is 16.5. The molecule has 2 aromatic carbocycles. The number of hydrogen-bond acceptors (Lipinski definition) is 5. The molecule has 0 bridgehead atoms. The van der Waals surface area contributed by atoms with Gasteiger partial charge in [0.1, 0.15) is 11.5 Å². The van der Waals surface area contributed by atoms with E-state index >= 15 is 0 Å². The zero-order chi connectivity index (χ0) is 18.8. The minimum Gasteiger partial charge on any atom is -0.493 e. The Morgan fingerprint density at radius 2 is 1.93 bits per heavy atom. The summed E-state index contributed by atoms with van der Waals surface area (Å²) in [6.45, 7) is 3.17. The van der Waals surface area contributed by atoms with Crippen LogP contribution in [0.2, 0.25) is 0 Å². The van der Waals surface area contributed by atoms with Gasteiger partial charge in [0.15, 0.2) is 0 Å². The van der Waals surface area contributed by atoms with Crippen LogP contribution in [0.25, 0.3) is 0 Å². The van der Waals surface area contributed by atoms with Crippen LogP contribution >= 0.6 is 0 Å². The molecule has 0 spiro atoms. The molecule has 7 heteroatoms. The highest BCUT2D eigenvalue weighted by Gasteiger charge is 2.27. The molecule has 2 aliphatic heterocycles. The largest absolute Gasteiger partial charge is 0.493 e. The number of benzene rings is 2. The third-order valence-electron chi connectivity index (χ3n) is 4.56. The van der Waals surface area contributed by atoms with E-state index in [2.05, 4.69) is 10.6 Å². The van der Waals surface area contributed by atoms with Crippen LogP contribution in [0.5, 0.6) is 11.5 Å². The molecule has 2 aliphatic rings. The van der Waals surface area contributed by atoms with Gasteiger partial charge in [-0.15, -0.1) is 0 Å². The molecule has 0 saturated heterocycles. The lowest BCUT2D eigenvalue weighted by atomic mass is 10.0. The summed E-state index contributed by atoms with van der Waals surface area (Å²) >= 11 is 0. The SMILES string of the molecule is CCOC(=O)c1ccccc1NC(=O)Nc1c2c(cc3c1OCC3)OCC2. The van der Waals surface area contributed by atoms with Crippen molar-refractivity contribution in [2.45, 2.75) is 19.8 Å². The van der Waals surface area contributed by atoms with Crippen LogP contribution in [0.15, 0.2) is 30.3 Å². The number of anilines is 2. The molecule has 0 saturated carbocycles. The van der Waals surface area contributed by atoms with Crippen molar-refractivity contribution in [2.24, 2.45) is 0 Å². The number of carbonyl (C=O) groups excluding carboxylic acids is 2. The first-order chi connectivity index (χ1) is 13.2. The van der Waals surface area contributed by atoms with Crippen LogP contribution in [0, 0.1) is 0 Å². The van der Waals surface area contributed by atoms with Crippen LogP contribution in [0.3, 0.4) is 0 Å². The summed E-state index contributed by atoms with van der Waals surface area (Å²) in [7, 11) is 0. The van der Waals surface area contributed by atoms with Crippen molar-refractivity contribution in [3.63, 3.8) is 0 Å². The molecule has 0 atom stereocenters. The molecule has 2 heterocycles. The minimum absolute atomic E-state index is 0.263. The maximum Gasteiger partial charge on any atom is 0.340 e. The molecule has 0 radical (unpaired) electrons. The summed E-state index contributed by atoms with van der Waals surface area (Å²) in [4.78, 5) is 24.7. The molecule has 7 nitrogen and oxygen atoms in total. The predicted molar refractivity (Wildman–Crippen MR) is 99.9 cm³/mol. The monoisotopic (exact) mass is 368 g/mol. The third kappa shape index (κ3) is 3.28. The fourth-order valence-electron chi connectivity index (χ4n) is 3.36. The molecule has 140 valence electrons. The van der Waals surface area contributed by atoms with Crippen molar-refractivity contribution in [1.82, 2.24) is 0 Å². The first-order valence-electron chi connectivity index (χ1n) is 8.96.